The number of nitrogens with one attached hydrogen (secondary N) is 1. The topological polar surface area (TPSA) is 41.6 Å². The Hall–Kier alpha value is -1.64. The third-order valence-corrected chi connectivity index (χ3v) is 1.66. The van der Waals surface area contributed by atoms with Crippen molar-refractivity contribution in [3.05, 3.63) is 30.7 Å². The summed E-state index contributed by atoms with van der Waals surface area (Å²) in [6.45, 7) is 13.7. The predicted molar refractivity (Wildman–Crippen MR) is 71.3 cm³/mol. The van der Waals surface area contributed by atoms with Crippen LogP contribution in [0.25, 0.3) is 16.7 Å². The summed E-state index contributed by atoms with van der Waals surface area (Å²) in [6, 6.07) is 3.82. The standard InChI is InChI=1S/C9H9N3.2C2H6/c1-6(2)8-11-7-4-3-5-10-9(7)12-8;2*1-2/h3-5H,1H2,2H3,(H,10,11,12);2*1-2H3. The molecule has 0 radical (unpaired) electrons. The summed E-state index contributed by atoms with van der Waals surface area (Å²) in [5.74, 6) is 0.809. The number of rotatable bonds is 1. The first-order chi connectivity index (χ1) is 7.77. The molecule has 0 aliphatic carbocycles. The number of allylic oxidation sites excluding steroid dienone is 1. The zero-order valence-corrected chi connectivity index (χ0v) is 10.8. The highest BCUT2D eigenvalue weighted by molar-refractivity contribution is 5.74. The lowest BCUT2D eigenvalue weighted by atomic mass is 10.3. The molecule has 0 aromatic carbocycles. The molecule has 16 heavy (non-hydrogen) atoms. The number of nitrogens with zero attached hydrogens (tertiary/aromatic N) is 2. The van der Waals surface area contributed by atoms with E-state index in [1.165, 1.54) is 0 Å². The quantitative estimate of drug-likeness (QED) is 0.786. The molecular formula is C13H21N3. The van der Waals surface area contributed by atoms with E-state index >= 15 is 0 Å². The number of pyridine rings is 1. The number of H-pyrrole nitrogens is 1. The van der Waals surface area contributed by atoms with Gasteiger partial charge in [-0.2, -0.15) is 0 Å². The van der Waals surface area contributed by atoms with Crippen LogP contribution in [0.4, 0.5) is 0 Å². The Kier molecular flexibility index (Phi) is 6.84. The van der Waals surface area contributed by atoms with Crippen LogP contribution in [-0.2, 0) is 0 Å². The van der Waals surface area contributed by atoms with Crippen molar-refractivity contribution in [1.82, 2.24) is 15.0 Å². The van der Waals surface area contributed by atoms with Crippen molar-refractivity contribution in [1.29, 1.82) is 0 Å². The summed E-state index contributed by atoms with van der Waals surface area (Å²) >= 11 is 0. The lowest BCUT2D eigenvalue weighted by molar-refractivity contribution is 1.24. The lowest BCUT2D eigenvalue weighted by Gasteiger charge is -1.87. The minimum Gasteiger partial charge on any atom is -0.337 e. The van der Waals surface area contributed by atoms with Crippen molar-refractivity contribution in [3.8, 4) is 0 Å². The van der Waals surface area contributed by atoms with Gasteiger partial charge in [-0.25, -0.2) is 9.97 Å². The van der Waals surface area contributed by atoms with Gasteiger partial charge < -0.3 is 4.98 Å². The normalized spacial score (nSPS) is 8.56. The lowest BCUT2D eigenvalue weighted by Crippen LogP contribution is -1.78. The second-order valence-electron chi connectivity index (χ2n) is 2.74. The fourth-order valence-electron chi connectivity index (χ4n) is 1.05. The maximum Gasteiger partial charge on any atom is 0.178 e. The molecule has 0 bridgehead atoms. The van der Waals surface area contributed by atoms with E-state index < -0.39 is 0 Å². The molecule has 0 amide bonds. The maximum atomic E-state index is 4.25. The number of hydrogen-bond acceptors (Lipinski definition) is 2. The summed E-state index contributed by atoms with van der Waals surface area (Å²) in [4.78, 5) is 11.5. The summed E-state index contributed by atoms with van der Waals surface area (Å²) in [7, 11) is 0. The Labute approximate surface area is 97.6 Å². The Morgan fingerprint density at radius 2 is 1.88 bits per heavy atom. The molecule has 0 fully saturated rings. The van der Waals surface area contributed by atoms with E-state index in [9.17, 15) is 0 Å². The molecule has 3 nitrogen and oxygen atoms in total. The smallest absolute Gasteiger partial charge is 0.178 e. The molecule has 0 spiro atoms. The number of hydrogen-bond donors (Lipinski definition) is 1. The third kappa shape index (κ3) is 3.50. The molecule has 0 aliphatic heterocycles. The van der Waals surface area contributed by atoms with E-state index in [0.29, 0.717) is 0 Å². The first-order valence-electron chi connectivity index (χ1n) is 5.74. The first-order valence-corrected chi connectivity index (χ1v) is 5.74. The Balaban J connectivity index is 0.000000509. The number of imidazole rings is 1. The minimum atomic E-state index is 0.746. The molecular weight excluding hydrogens is 198 g/mol. The zero-order valence-electron chi connectivity index (χ0n) is 10.8. The predicted octanol–water partition coefficient (Wildman–Crippen LogP) is 4.04. The summed E-state index contributed by atoms with van der Waals surface area (Å²) < 4.78 is 0. The molecule has 1 N–H and O–H groups in total. The fraction of sp³-hybridized carbons (Fsp3) is 0.385. The summed E-state index contributed by atoms with van der Waals surface area (Å²) in [5.41, 5.74) is 2.62. The molecule has 2 heterocycles. The van der Waals surface area contributed by atoms with Crippen molar-refractivity contribution >= 4 is 16.7 Å². The van der Waals surface area contributed by atoms with Crippen molar-refractivity contribution < 1.29 is 0 Å². The monoisotopic (exact) mass is 219 g/mol. The number of aromatic nitrogens is 3. The van der Waals surface area contributed by atoms with Gasteiger partial charge in [0.15, 0.2) is 5.65 Å². The zero-order chi connectivity index (χ0) is 12.6. The highest BCUT2D eigenvalue weighted by Gasteiger charge is 2.01. The largest absolute Gasteiger partial charge is 0.337 e. The summed E-state index contributed by atoms with van der Waals surface area (Å²) in [6.07, 6.45) is 1.73. The van der Waals surface area contributed by atoms with E-state index in [-0.39, 0.29) is 0 Å². The summed E-state index contributed by atoms with van der Waals surface area (Å²) in [5, 5.41) is 0. The average molecular weight is 219 g/mol. The van der Waals surface area contributed by atoms with Crippen LogP contribution in [0, 0.1) is 0 Å². The van der Waals surface area contributed by atoms with E-state index in [0.717, 1.165) is 22.6 Å². The second-order valence-corrected chi connectivity index (χ2v) is 2.74. The molecule has 3 heteroatoms. The van der Waals surface area contributed by atoms with Gasteiger partial charge in [0.05, 0.1) is 5.52 Å². The van der Waals surface area contributed by atoms with Gasteiger partial charge in [0.25, 0.3) is 0 Å². The Bertz CT molecular complexity index is 396. The van der Waals surface area contributed by atoms with Crippen LogP contribution in [0.3, 0.4) is 0 Å². The molecule has 0 unspecified atom stereocenters. The van der Waals surface area contributed by atoms with Crippen molar-refractivity contribution in [2.75, 3.05) is 0 Å². The van der Waals surface area contributed by atoms with Gasteiger partial charge in [-0.15, -0.1) is 0 Å². The van der Waals surface area contributed by atoms with Gasteiger partial charge >= 0.3 is 0 Å². The number of aromatic amines is 1. The molecule has 2 aromatic heterocycles. The van der Waals surface area contributed by atoms with Gasteiger partial charge in [-0.05, 0) is 24.6 Å². The molecule has 0 atom stereocenters. The molecule has 88 valence electrons. The molecule has 0 aliphatic rings. The van der Waals surface area contributed by atoms with Crippen LogP contribution in [0.1, 0.15) is 40.4 Å². The first kappa shape index (κ1) is 14.4. The van der Waals surface area contributed by atoms with Gasteiger partial charge in [0.1, 0.15) is 5.82 Å². The van der Waals surface area contributed by atoms with Crippen LogP contribution in [0.2, 0.25) is 0 Å². The van der Waals surface area contributed by atoms with Crippen LogP contribution in [0.5, 0.6) is 0 Å². The Morgan fingerprint density at radius 1 is 1.25 bits per heavy atom. The SMILES string of the molecule is C=C(C)c1nc2ncccc2[nH]1.CC.CC. The maximum absolute atomic E-state index is 4.25. The fourth-order valence-corrected chi connectivity index (χ4v) is 1.05. The van der Waals surface area contributed by atoms with E-state index in [1.54, 1.807) is 6.20 Å². The van der Waals surface area contributed by atoms with Crippen molar-refractivity contribution in [3.63, 3.8) is 0 Å². The van der Waals surface area contributed by atoms with Gasteiger partial charge in [-0.3, -0.25) is 0 Å². The van der Waals surface area contributed by atoms with Gasteiger partial charge in [0.2, 0.25) is 0 Å². The van der Waals surface area contributed by atoms with Crippen LogP contribution in [-0.4, -0.2) is 15.0 Å². The van der Waals surface area contributed by atoms with E-state index in [1.807, 2.05) is 46.8 Å². The van der Waals surface area contributed by atoms with Crippen LogP contribution < -0.4 is 0 Å². The second kappa shape index (κ2) is 7.63. The highest BCUT2D eigenvalue weighted by Crippen LogP contribution is 2.12. The Morgan fingerprint density at radius 3 is 2.38 bits per heavy atom. The highest BCUT2D eigenvalue weighted by atomic mass is 15.0. The van der Waals surface area contributed by atoms with Crippen molar-refractivity contribution in [2.45, 2.75) is 34.6 Å². The molecule has 0 saturated carbocycles. The van der Waals surface area contributed by atoms with Gasteiger partial charge in [0, 0.05) is 6.20 Å². The van der Waals surface area contributed by atoms with Crippen LogP contribution in [0.15, 0.2) is 24.9 Å². The molecule has 2 rings (SSSR count). The van der Waals surface area contributed by atoms with Crippen LogP contribution >= 0.6 is 0 Å². The number of fused-ring (bicyclic) bond motifs is 1. The van der Waals surface area contributed by atoms with E-state index in [2.05, 4.69) is 21.5 Å². The molecule has 0 saturated heterocycles. The molecule has 2 aromatic rings. The van der Waals surface area contributed by atoms with E-state index in [4.69, 9.17) is 0 Å². The van der Waals surface area contributed by atoms with Gasteiger partial charge in [-0.1, -0.05) is 34.3 Å². The minimum absolute atomic E-state index is 0.746. The third-order valence-electron chi connectivity index (χ3n) is 1.66. The average Bonchev–Trinajstić information content (AvgIpc) is 2.78. The van der Waals surface area contributed by atoms with Crippen molar-refractivity contribution in [2.24, 2.45) is 0 Å².